The SMILES string of the molecule is C=C1c2ccccc2C(=O)N1CC(=O)OCC(=O)NCc1ccccc1C. The maximum Gasteiger partial charge on any atom is 0.326 e. The molecule has 6 heteroatoms. The Kier molecular flexibility index (Phi) is 5.35. The zero-order chi connectivity index (χ0) is 19.4. The van der Waals surface area contributed by atoms with Gasteiger partial charge in [-0.15, -0.1) is 0 Å². The van der Waals surface area contributed by atoms with Crippen LogP contribution >= 0.6 is 0 Å². The Morgan fingerprint density at radius 2 is 1.74 bits per heavy atom. The Labute approximate surface area is 157 Å². The number of aryl methyl sites for hydroxylation is 1. The lowest BCUT2D eigenvalue weighted by molar-refractivity contribution is -0.148. The van der Waals surface area contributed by atoms with E-state index in [1.165, 1.54) is 4.90 Å². The van der Waals surface area contributed by atoms with E-state index in [9.17, 15) is 14.4 Å². The third kappa shape index (κ3) is 4.06. The first kappa shape index (κ1) is 18.4. The summed E-state index contributed by atoms with van der Waals surface area (Å²) in [5.41, 5.74) is 3.73. The fourth-order valence-corrected chi connectivity index (χ4v) is 2.88. The number of ether oxygens (including phenoxy) is 1. The average Bonchev–Trinajstić information content (AvgIpc) is 2.91. The fourth-order valence-electron chi connectivity index (χ4n) is 2.88. The van der Waals surface area contributed by atoms with Crippen molar-refractivity contribution in [3.05, 3.63) is 77.4 Å². The minimum atomic E-state index is -0.664. The third-order valence-corrected chi connectivity index (χ3v) is 4.43. The van der Waals surface area contributed by atoms with Crippen molar-refractivity contribution in [2.24, 2.45) is 0 Å². The minimum absolute atomic E-state index is 0.280. The predicted octanol–water partition coefficient (Wildman–Crippen LogP) is 2.28. The van der Waals surface area contributed by atoms with Gasteiger partial charge in [-0.3, -0.25) is 19.3 Å². The Balaban J connectivity index is 1.48. The van der Waals surface area contributed by atoms with Crippen LogP contribution in [0.15, 0.2) is 55.1 Å². The number of carbonyl (C=O) groups excluding carboxylic acids is 3. The van der Waals surface area contributed by atoms with Crippen LogP contribution in [0.2, 0.25) is 0 Å². The summed E-state index contributed by atoms with van der Waals surface area (Å²) in [7, 11) is 0. The molecule has 0 atom stereocenters. The van der Waals surface area contributed by atoms with Crippen LogP contribution in [0.3, 0.4) is 0 Å². The third-order valence-electron chi connectivity index (χ3n) is 4.43. The number of benzene rings is 2. The Morgan fingerprint density at radius 3 is 2.44 bits per heavy atom. The van der Waals surface area contributed by atoms with Crippen molar-refractivity contribution in [3.8, 4) is 0 Å². The van der Waals surface area contributed by atoms with Gasteiger partial charge in [-0.1, -0.05) is 49.0 Å². The van der Waals surface area contributed by atoms with Crippen LogP contribution in [0.25, 0.3) is 5.70 Å². The summed E-state index contributed by atoms with van der Waals surface area (Å²) >= 11 is 0. The van der Waals surface area contributed by atoms with Gasteiger partial charge in [0.2, 0.25) is 0 Å². The maximum absolute atomic E-state index is 12.4. The molecule has 0 aromatic heterocycles. The quantitative estimate of drug-likeness (QED) is 0.798. The van der Waals surface area contributed by atoms with Crippen LogP contribution in [-0.2, 0) is 20.9 Å². The number of rotatable bonds is 6. The lowest BCUT2D eigenvalue weighted by Crippen LogP contribution is -2.33. The highest BCUT2D eigenvalue weighted by Crippen LogP contribution is 2.30. The predicted molar refractivity (Wildman–Crippen MR) is 100 cm³/mol. The standard InChI is InChI=1S/C21H20N2O4/c1-14-7-3-4-8-16(14)11-22-19(24)13-27-20(25)12-23-15(2)17-9-5-6-10-18(17)21(23)26/h3-10H,2,11-13H2,1H3,(H,22,24). The van der Waals surface area contributed by atoms with E-state index in [4.69, 9.17) is 4.74 Å². The van der Waals surface area contributed by atoms with Crippen LogP contribution in [0.4, 0.5) is 0 Å². The second-order valence-electron chi connectivity index (χ2n) is 6.25. The molecule has 1 aliphatic heterocycles. The molecule has 0 unspecified atom stereocenters. The van der Waals surface area contributed by atoms with Crippen LogP contribution in [-0.4, -0.2) is 35.8 Å². The smallest absolute Gasteiger partial charge is 0.326 e. The van der Waals surface area contributed by atoms with E-state index >= 15 is 0 Å². The topological polar surface area (TPSA) is 75.7 Å². The molecule has 0 saturated heterocycles. The number of hydrogen-bond donors (Lipinski definition) is 1. The van der Waals surface area contributed by atoms with Gasteiger partial charge in [0.15, 0.2) is 6.61 Å². The van der Waals surface area contributed by atoms with Gasteiger partial charge in [0, 0.05) is 23.4 Å². The molecule has 0 bridgehead atoms. The second-order valence-corrected chi connectivity index (χ2v) is 6.25. The van der Waals surface area contributed by atoms with Gasteiger partial charge in [-0.2, -0.15) is 0 Å². The van der Waals surface area contributed by atoms with Crippen molar-refractivity contribution in [2.75, 3.05) is 13.2 Å². The van der Waals surface area contributed by atoms with E-state index in [1.54, 1.807) is 24.3 Å². The van der Waals surface area contributed by atoms with Crippen LogP contribution in [0.5, 0.6) is 0 Å². The Morgan fingerprint density at radius 1 is 1.07 bits per heavy atom. The summed E-state index contributed by atoms with van der Waals surface area (Å²) in [4.78, 5) is 37.5. The van der Waals surface area contributed by atoms with Gasteiger partial charge < -0.3 is 10.1 Å². The Hall–Kier alpha value is -3.41. The molecule has 0 saturated carbocycles. The van der Waals surface area contributed by atoms with Crippen molar-refractivity contribution < 1.29 is 19.1 Å². The highest BCUT2D eigenvalue weighted by molar-refractivity contribution is 6.10. The number of nitrogens with zero attached hydrogens (tertiary/aromatic N) is 1. The summed E-state index contributed by atoms with van der Waals surface area (Å²) in [6, 6.07) is 14.7. The van der Waals surface area contributed by atoms with Crippen LogP contribution in [0, 0.1) is 6.92 Å². The first-order valence-corrected chi connectivity index (χ1v) is 8.54. The molecule has 2 aromatic rings. The van der Waals surface area contributed by atoms with Gasteiger partial charge in [-0.05, 0) is 24.1 Å². The molecule has 0 radical (unpaired) electrons. The monoisotopic (exact) mass is 364 g/mol. The first-order valence-electron chi connectivity index (χ1n) is 8.54. The van der Waals surface area contributed by atoms with E-state index in [-0.39, 0.29) is 12.5 Å². The number of hydrogen-bond acceptors (Lipinski definition) is 4. The van der Waals surface area contributed by atoms with Crippen molar-refractivity contribution >= 4 is 23.5 Å². The number of fused-ring (bicyclic) bond motifs is 1. The Bertz CT molecular complexity index is 885. The highest BCUT2D eigenvalue weighted by Gasteiger charge is 2.32. The summed E-state index contributed by atoms with van der Waals surface area (Å²) in [6.45, 7) is 5.51. The van der Waals surface area contributed by atoms with Crippen LogP contribution in [0.1, 0.15) is 27.0 Å². The molecule has 0 fully saturated rings. The summed E-state index contributed by atoms with van der Waals surface area (Å²) in [6.07, 6.45) is 0. The number of carbonyl (C=O) groups is 3. The molecule has 1 aliphatic rings. The zero-order valence-corrected chi connectivity index (χ0v) is 15.0. The van der Waals surface area contributed by atoms with Gasteiger partial charge in [0.25, 0.3) is 11.8 Å². The van der Waals surface area contributed by atoms with Crippen molar-refractivity contribution in [1.29, 1.82) is 0 Å². The molecule has 1 heterocycles. The molecule has 3 rings (SSSR count). The molecule has 1 N–H and O–H groups in total. The summed E-state index contributed by atoms with van der Waals surface area (Å²) < 4.78 is 4.99. The van der Waals surface area contributed by atoms with Gasteiger partial charge in [-0.25, -0.2) is 0 Å². The van der Waals surface area contributed by atoms with E-state index in [0.717, 1.165) is 11.1 Å². The van der Waals surface area contributed by atoms with Gasteiger partial charge >= 0.3 is 5.97 Å². The molecular weight excluding hydrogens is 344 g/mol. The maximum atomic E-state index is 12.4. The van der Waals surface area contributed by atoms with Crippen molar-refractivity contribution in [1.82, 2.24) is 10.2 Å². The fraction of sp³-hybridized carbons (Fsp3) is 0.190. The van der Waals surface area contributed by atoms with E-state index < -0.39 is 18.5 Å². The second kappa shape index (κ2) is 7.86. The molecule has 138 valence electrons. The molecule has 27 heavy (non-hydrogen) atoms. The minimum Gasteiger partial charge on any atom is -0.454 e. The summed E-state index contributed by atoms with van der Waals surface area (Å²) in [5.74, 6) is -1.36. The summed E-state index contributed by atoms with van der Waals surface area (Å²) in [5, 5.41) is 2.71. The van der Waals surface area contributed by atoms with E-state index in [2.05, 4.69) is 11.9 Å². The van der Waals surface area contributed by atoms with E-state index in [0.29, 0.717) is 23.4 Å². The highest BCUT2D eigenvalue weighted by atomic mass is 16.5. The molecule has 6 nitrogen and oxygen atoms in total. The number of esters is 1. The first-order chi connectivity index (χ1) is 13.0. The largest absolute Gasteiger partial charge is 0.454 e. The molecule has 0 aliphatic carbocycles. The normalized spacial score (nSPS) is 12.7. The van der Waals surface area contributed by atoms with Crippen molar-refractivity contribution in [2.45, 2.75) is 13.5 Å². The van der Waals surface area contributed by atoms with Crippen molar-refractivity contribution in [3.63, 3.8) is 0 Å². The lowest BCUT2D eigenvalue weighted by Gasteiger charge is -2.16. The molecular formula is C21H20N2O4. The lowest BCUT2D eigenvalue weighted by atomic mass is 10.1. The molecule has 0 spiro atoms. The molecule has 2 amide bonds. The number of nitrogens with one attached hydrogen (secondary N) is 1. The van der Waals surface area contributed by atoms with E-state index in [1.807, 2.05) is 31.2 Å². The zero-order valence-electron chi connectivity index (χ0n) is 15.0. The van der Waals surface area contributed by atoms with Gasteiger partial charge in [0.1, 0.15) is 6.54 Å². The molecule has 2 aromatic carbocycles. The van der Waals surface area contributed by atoms with Gasteiger partial charge in [0.05, 0.1) is 0 Å². The van der Waals surface area contributed by atoms with Crippen LogP contribution < -0.4 is 5.32 Å². The number of amides is 2. The average molecular weight is 364 g/mol.